The van der Waals surface area contributed by atoms with Crippen LogP contribution in [0.25, 0.3) is 0 Å². The van der Waals surface area contributed by atoms with Crippen molar-refractivity contribution in [2.24, 2.45) is 0 Å². The Morgan fingerprint density at radius 3 is 2.71 bits per heavy atom. The number of halogens is 3. The Labute approximate surface area is 109 Å². The van der Waals surface area contributed by atoms with Crippen molar-refractivity contribution in [1.29, 1.82) is 0 Å². The molecule has 0 bridgehead atoms. The smallest absolute Gasteiger partial charge is 0.146 e. The summed E-state index contributed by atoms with van der Waals surface area (Å²) < 4.78 is 27.5. The maximum absolute atomic E-state index is 13.8. The maximum atomic E-state index is 13.8. The second-order valence-corrected chi connectivity index (χ2v) is 5.20. The van der Waals surface area contributed by atoms with Gasteiger partial charge in [-0.05, 0) is 35.0 Å². The molecule has 0 saturated carbocycles. The topological polar surface area (TPSA) is 33.1 Å². The number of hydrogen-bond acceptors (Lipinski definition) is 3. The Kier molecular flexibility index (Phi) is 3.56. The second kappa shape index (κ2) is 4.80. The highest BCUT2D eigenvalue weighted by atomic mass is 79.9. The molecule has 1 aromatic carbocycles. The van der Waals surface area contributed by atoms with Crippen molar-refractivity contribution in [1.82, 2.24) is 4.98 Å². The van der Waals surface area contributed by atoms with Crippen molar-refractivity contribution in [2.75, 3.05) is 0 Å². The van der Waals surface area contributed by atoms with Crippen LogP contribution in [-0.2, 0) is 0 Å². The Bertz CT molecular complexity index is 558. The normalized spacial score (nSPS) is 12.8. The number of aliphatic hydroxyl groups is 1. The molecule has 17 heavy (non-hydrogen) atoms. The van der Waals surface area contributed by atoms with Crippen LogP contribution in [0.2, 0.25) is 0 Å². The van der Waals surface area contributed by atoms with Gasteiger partial charge in [-0.2, -0.15) is 0 Å². The molecule has 90 valence electrons. The van der Waals surface area contributed by atoms with Crippen LogP contribution in [0, 0.1) is 18.6 Å². The van der Waals surface area contributed by atoms with E-state index in [1.807, 2.05) is 0 Å². The molecule has 0 aliphatic heterocycles. The number of aryl methyl sites for hydroxylation is 1. The number of nitrogens with zero attached hydrogens (tertiary/aromatic N) is 1. The fourth-order valence-corrected chi connectivity index (χ4v) is 2.64. The molecule has 2 aromatic rings. The summed E-state index contributed by atoms with van der Waals surface area (Å²) in [4.78, 5) is 4.39. The van der Waals surface area contributed by atoms with Crippen LogP contribution in [0.3, 0.4) is 0 Å². The molecule has 0 spiro atoms. The molecule has 0 radical (unpaired) electrons. The summed E-state index contributed by atoms with van der Waals surface area (Å²) >= 11 is 4.13. The lowest BCUT2D eigenvalue weighted by molar-refractivity contribution is 0.211. The van der Waals surface area contributed by atoms with Gasteiger partial charge >= 0.3 is 0 Å². The highest BCUT2D eigenvalue weighted by Gasteiger charge is 2.24. The summed E-state index contributed by atoms with van der Waals surface area (Å²) in [5.41, 5.74) is 1.75. The number of aliphatic hydroxyl groups excluding tert-OH is 1. The lowest BCUT2D eigenvalue weighted by Crippen LogP contribution is -2.06. The van der Waals surface area contributed by atoms with Crippen LogP contribution in [0.4, 0.5) is 8.78 Å². The van der Waals surface area contributed by atoms with Crippen LogP contribution in [0.5, 0.6) is 0 Å². The minimum atomic E-state index is -1.33. The van der Waals surface area contributed by atoms with Gasteiger partial charge in [-0.3, -0.25) is 0 Å². The molecule has 0 aliphatic rings. The van der Waals surface area contributed by atoms with E-state index in [0.29, 0.717) is 10.6 Å². The standard InChI is InChI=1S/C11H8BrF2NOS/c1-5-11(17-4-15-5)10(16)8-7(13)3-2-6(12)9(8)14/h2-4,10,16H,1H3. The van der Waals surface area contributed by atoms with Gasteiger partial charge in [-0.25, -0.2) is 13.8 Å². The van der Waals surface area contributed by atoms with E-state index in [9.17, 15) is 13.9 Å². The highest BCUT2D eigenvalue weighted by molar-refractivity contribution is 9.10. The molecule has 0 amide bonds. The first-order chi connectivity index (χ1) is 8.02. The quantitative estimate of drug-likeness (QED) is 0.858. The zero-order chi connectivity index (χ0) is 12.6. The number of rotatable bonds is 2. The van der Waals surface area contributed by atoms with Crippen LogP contribution in [0.15, 0.2) is 22.1 Å². The van der Waals surface area contributed by atoms with Gasteiger partial charge < -0.3 is 5.11 Å². The van der Waals surface area contributed by atoms with E-state index in [-0.39, 0.29) is 10.0 Å². The van der Waals surface area contributed by atoms with E-state index in [0.717, 1.165) is 6.07 Å². The Morgan fingerprint density at radius 2 is 2.12 bits per heavy atom. The van der Waals surface area contributed by atoms with E-state index >= 15 is 0 Å². The third-order valence-corrected chi connectivity index (χ3v) is 3.98. The Balaban J connectivity index is 2.55. The summed E-state index contributed by atoms with van der Waals surface area (Å²) in [6.45, 7) is 1.68. The van der Waals surface area contributed by atoms with Gasteiger partial charge in [0, 0.05) is 0 Å². The van der Waals surface area contributed by atoms with E-state index in [2.05, 4.69) is 20.9 Å². The average molecular weight is 320 g/mol. The van der Waals surface area contributed by atoms with E-state index in [1.165, 1.54) is 22.9 Å². The van der Waals surface area contributed by atoms with E-state index in [1.54, 1.807) is 6.92 Å². The van der Waals surface area contributed by atoms with E-state index < -0.39 is 17.7 Å². The predicted octanol–water partition coefficient (Wildman–Crippen LogP) is 3.57. The zero-order valence-electron chi connectivity index (χ0n) is 8.75. The third kappa shape index (κ3) is 2.25. The van der Waals surface area contributed by atoms with Crippen molar-refractivity contribution in [3.8, 4) is 0 Å². The lowest BCUT2D eigenvalue weighted by atomic mass is 10.1. The van der Waals surface area contributed by atoms with Crippen LogP contribution >= 0.6 is 27.3 Å². The molecular weight excluding hydrogens is 312 g/mol. The van der Waals surface area contributed by atoms with Gasteiger partial charge in [0.1, 0.15) is 17.7 Å². The summed E-state index contributed by atoms with van der Waals surface area (Å²) in [6.07, 6.45) is -1.33. The molecule has 1 N–H and O–H groups in total. The Hall–Kier alpha value is -0.850. The van der Waals surface area contributed by atoms with Gasteiger partial charge in [0.05, 0.1) is 26.1 Å². The molecular formula is C11H8BrF2NOS. The fraction of sp³-hybridized carbons (Fsp3) is 0.182. The van der Waals surface area contributed by atoms with Gasteiger partial charge in [0.15, 0.2) is 0 Å². The first kappa shape index (κ1) is 12.6. The number of hydrogen-bond donors (Lipinski definition) is 1. The third-order valence-electron chi connectivity index (χ3n) is 2.38. The number of aromatic nitrogens is 1. The predicted molar refractivity (Wildman–Crippen MR) is 65.0 cm³/mol. The summed E-state index contributed by atoms with van der Waals surface area (Å²) in [5, 5.41) is 10.0. The first-order valence-electron chi connectivity index (χ1n) is 4.73. The molecule has 0 aliphatic carbocycles. The average Bonchev–Trinajstić information content (AvgIpc) is 2.70. The fourth-order valence-electron chi connectivity index (χ4n) is 1.50. The molecule has 2 rings (SSSR count). The molecule has 2 nitrogen and oxygen atoms in total. The summed E-state index contributed by atoms with van der Waals surface area (Å²) in [7, 11) is 0. The lowest BCUT2D eigenvalue weighted by Gasteiger charge is -2.12. The molecule has 1 atom stereocenters. The van der Waals surface area contributed by atoms with Gasteiger partial charge in [-0.15, -0.1) is 11.3 Å². The number of benzene rings is 1. The van der Waals surface area contributed by atoms with Gasteiger partial charge in [0.25, 0.3) is 0 Å². The summed E-state index contributed by atoms with van der Waals surface area (Å²) in [6, 6.07) is 2.38. The van der Waals surface area contributed by atoms with Crippen molar-refractivity contribution >= 4 is 27.3 Å². The van der Waals surface area contributed by atoms with E-state index in [4.69, 9.17) is 0 Å². The van der Waals surface area contributed by atoms with Crippen molar-refractivity contribution < 1.29 is 13.9 Å². The molecule has 1 unspecified atom stereocenters. The highest BCUT2D eigenvalue weighted by Crippen LogP contribution is 2.33. The molecule has 0 saturated heterocycles. The van der Waals surface area contributed by atoms with Crippen LogP contribution < -0.4 is 0 Å². The molecule has 0 fully saturated rings. The van der Waals surface area contributed by atoms with Gasteiger partial charge in [0.2, 0.25) is 0 Å². The largest absolute Gasteiger partial charge is 0.383 e. The molecule has 1 aromatic heterocycles. The molecule has 6 heteroatoms. The van der Waals surface area contributed by atoms with Crippen LogP contribution in [-0.4, -0.2) is 10.1 Å². The van der Waals surface area contributed by atoms with Crippen molar-refractivity contribution in [3.05, 3.63) is 49.9 Å². The summed E-state index contributed by atoms with van der Waals surface area (Å²) in [5.74, 6) is -1.56. The van der Waals surface area contributed by atoms with Crippen LogP contribution in [0.1, 0.15) is 22.2 Å². The molecule has 1 heterocycles. The van der Waals surface area contributed by atoms with Gasteiger partial charge in [-0.1, -0.05) is 0 Å². The minimum absolute atomic E-state index is 0.120. The second-order valence-electron chi connectivity index (χ2n) is 3.46. The maximum Gasteiger partial charge on any atom is 0.146 e. The zero-order valence-corrected chi connectivity index (χ0v) is 11.1. The minimum Gasteiger partial charge on any atom is -0.383 e. The van der Waals surface area contributed by atoms with Crippen molar-refractivity contribution in [2.45, 2.75) is 13.0 Å². The number of thiazole rings is 1. The SMILES string of the molecule is Cc1ncsc1C(O)c1c(F)ccc(Br)c1F. The first-order valence-corrected chi connectivity index (χ1v) is 6.41. The monoisotopic (exact) mass is 319 g/mol. The Morgan fingerprint density at radius 1 is 1.41 bits per heavy atom. The van der Waals surface area contributed by atoms with Crippen molar-refractivity contribution in [3.63, 3.8) is 0 Å².